The second-order valence-corrected chi connectivity index (χ2v) is 5.00. The van der Waals surface area contributed by atoms with Gasteiger partial charge in [-0.2, -0.15) is 0 Å². The van der Waals surface area contributed by atoms with Crippen molar-refractivity contribution < 1.29 is 145 Å². The topological polar surface area (TPSA) is 632 Å². The summed E-state index contributed by atoms with van der Waals surface area (Å²) in [5.74, 6) is 0. The smallest absolute Gasteiger partial charge is 0.672 e. The van der Waals surface area contributed by atoms with Gasteiger partial charge in [-0.25, -0.2) is 0 Å². The van der Waals surface area contributed by atoms with Crippen LogP contribution < -0.4 is 99.0 Å². The van der Waals surface area contributed by atoms with E-state index in [1.54, 1.807) is 0 Å². The Balaban J connectivity index is -0.0000000128. The zero-order chi connectivity index (χ0) is 35.8. The van der Waals surface area contributed by atoms with E-state index in [2.05, 4.69) is 0 Å². The number of carbonyl (C=O) groups excluding carboxylic acids is 5. The molecule has 0 amide bonds. The maximum absolute atomic E-state index is 8.52. The van der Waals surface area contributed by atoms with Gasteiger partial charge in [0.1, 0.15) is 0 Å². The predicted octanol–water partition coefficient (Wildman–Crippen LogP) is -29.7. The van der Waals surface area contributed by atoms with Crippen LogP contribution in [0.15, 0.2) is 0 Å². The van der Waals surface area contributed by atoms with Gasteiger partial charge >= 0.3 is 220 Å². The molecule has 0 fully saturated rings. The van der Waals surface area contributed by atoms with E-state index < -0.39 is 76.6 Å². The number of carbonyl (C=O) groups is 5. The van der Waals surface area contributed by atoms with Crippen molar-refractivity contribution in [3.05, 3.63) is 0 Å². The molecular formula is C5Al4Ca4O30Si5. The van der Waals surface area contributed by atoms with Crippen molar-refractivity contribution in [2.75, 3.05) is 0 Å². The molecule has 0 unspecified atom stereocenters. The Morgan fingerprint density at radius 2 is 0.250 bits per heavy atom. The maximum Gasteiger partial charge on any atom is 3.00 e. The third-order valence-corrected chi connectivity index (χ3v) is 0. The van der Waals surface area contributed by atoms with Crippen LogP contribution in [-0.4, -0.2) is 297 Å². The fourth-order valence-electron chi connectivity index (χ4n) is 0. The van der Waals surface area contributed by atoms with Crippen molar-refractivity contribution in [1.82, 2.24) is 0 Å². The van der Waals surface area contributed by atoms with E-state index in [0.29, 0.717) is 0 Å². The molecule has 0 rings (SSSR count). The molecule has 0 aliphatic heterocycles. The van der Waals surface area contributed by atoms with Crippen molar-refractivity contribution in [2.45, 2.75) is 0 Å². The summed E-state index contributed by atoms with van der Waals surface area (Å²) >= 11 is 0. The SMILES string of the molecule is O=C([O-])[O-].O=C([O-])[O-].O=C([O-])[O-].O=C([O-])[O-].O=C([O-])[O-].O=[Si]([O-])[O-].O=[Si]([O-])[O-].O=[Si]([O-])[O-].O=[Si]([O-])[O-].O=[Si]([O-])[O-].[Al+3].[Al+3].[Al+3].[Al+3].[Ca+2].[Ca+2].[Ca+2].[Ca+2]. The van der Waals surface area contributed by atoms with Gasteiger partial charge in [-0.15, -0.1) is 0 Å². The van der Waals surface area contributed by atoms with Crippen LogP contribution in [0, 0.1) is 0 Å². The molecule has 0 saturated carbocycles. The minimum Gasteiger partial charge on any atom is -0.672 e. The minimum atomic E-state index is -3.63. The van der Waals surface area contributed by atoms with Gasteiger partial charge < -0.3 is 145 Å². The van der Waals surface area contributed by atoms with Crippen LogP contribution in [0.2, 0.25) is 0 Å². The van der Waals surface area contributed by atoms with Gasteiger partial charge in [0.25, 0.3) is 0 Å². The zero-order valence-electron chi connectivity index (χ0n) is 22.4. The second kappa shape index (κ2) is 110. The fraction of sp³-hybridized carbons (Fsp3) is 0. The van der Waals surface area contributed by atoms with Gasteiger partial charge in [-0.3, -0.25) is 0 Å². The van der Waals surface area contributed by atoms with Crippen molar-refractivity contribution in [1.29, 1.82) is 0 Å². The van der Waals surface area contributed by atoms with E-state index in [0.717, 1.165) is 0 Å². The quantitative estimate of drug-likeness (QED) is 0.203. The van der Waals surface area contributed by atoms with Gasteiger partial charge in [0.15, 0.2) is 0 Å². The first-order chi connectivity index (χ1) is 17.3. The summed E-state index contributed by atoms with van der Waals surface area (Å²) in [5, 5.41) is 83.3. The first-order valence-electron chi connectivity index (χ1n) is 6.12. The number of hydrogen-bond acceptors (Lipinski definition) is 30. The molecular weight excluding hydrogens is 949 g/mol. The summed E-state index contributed by atoms with van der Waals surface area (Å²) in [4.78, 5) is 127. The maximum atomic E-state index is 8.52. The first-order valence-corrected chi connectivity index (χ1v) is 12.2. The van der Waals surface area contributed by atoms with Crippen LogP contribution in [0.1, 0.15) is 0 Å². The van der Waals surface area contributed by atoms with Gasteiger partial charge in [0.2, 0.25) is 0 Å². The summed E-state index contributed by atoms with van der Waals surface area (Å²) in [6.45, 7) is 0. The Morgan fingerprint density at radius 1 is 0.250 bits per heavy atom. The molecule has 0 aromatic carbocycles. The third kappa shape index (κ3) is 40200. The summed E-state index contributed by atoms with van der Waals surface area (Å²) in [6, 6.07) is 0. The molecule has 240 valence electrons. The molecule has 0 aromatic rings. The Bertz CT molecular complexity index is 511. The van der Waals surface area contributed by atoms with Crippen molar-refractivity contribution in [2.24, 2.45) is 0 Å². The summed E-state index contributed by atoms with van der Waals surface area (Å²) in [6.07, 6.45) is -11.7. The van der Waals surface area contributed by atoms with Crippen LogP contribution in [0.25, 0.3) is 0 Å². The Labute approximate surface area is 434 Å². The van der Waals surface area contributed by atoms with Crippen molar-refractivity contribution in [3.63, 3.8) is 0 Å². The van der Waals surface area contributed by atoms with E-state index in [9.17, 15) is 0 Å². The summed E-state index contributed by atoms with van der Waals surface area (Å²) in [7, 11) is -18.1. The molecule has 0 bridgehead atoms. The normalized spacial score (nSPS) is 5.00. The monoisotopic (exact) mass is 948 g/mol. The molecule has 0 aliphatic rings. The van der Waals surface area contributed by atoms with Gasteiger partial charge in [0.05, 0.1) is 0 Å². The van der Waals surface area contributed by atoms with E-state index in [4.69, 9.17) is 145 Å². The molecule has 30 nitrogen and oxygen atoms in total. The standard InChI is InChI=1S/5CH2O3.4Al.4Ca.5O3Si/c5*2-1(3)4;;;;;;;;;5*1-4(2)3/h5*(H2,2,3,4);;;;;;;;;;;;;/q;;;;;4*+3;4*+2;5*-2/p-10. The van der Waals surface area contributed by atoms with Crippen molar-refractivity contribution >= 4 is 297 Å². The predicted molar refractivity (Wildman–Crippen MR) is 105 cm³/mol. The molecule has 43 heteroatoms. The molecule has 0 saturated heterocycles. The average molecular weight is 949 g/mol. The van der Waals surface area contributed by atoms with E-state index in [1.807, 2.05) is 0 Å². The molecule has 0 heterocycles. The molecule has 0 aliphatic carbocycles. The third-order valence-electron chi connectivity index (χ3n) is 0. The number of rotatable bonds is 0. The average Bonchev–Trinajstić information content (AvgIpc) is 2.47. The number of carboxylic acid groups (broad SMARTS) is 10. The van der Waals surface area contributed by atoms with Crippen LogP contribution in [0.3, 0.4) is 0 Å². The van der Waals surface area contributed by atoms with E-state index >= 15 is 0 Å². The zero-order valence-corrected chi connectivity index (χ0v) is 40.8. The van der Waals surface area contributed by atoms with Gasteiger partial charge in [-0.1, -0.05) is 0 Å². The van der Waals surface area contributed by atoms with Crippen LogP contribution in [0.5, 0.6) is 0 Å². The van der Waals surface area contributed by atoms with Crippen LogP contribution in [-0.2, 0) is 22.3 Å². The Kier molecular flexibility index (Phi) is 270. The Morgan fingerprint density at radius 3 is 0.250 bits per heavy atom. The van der Waals surface area contributed by atoms with Crippen molar-refractivity contribution in [3.8, 4) is 0 Å². The minimum absolute atomic E-state index is 0. The summed E-state index contributed by atoms with van der Waals surface area (Å²) in [5.41, 5.74) is 0. The molecule has 0 N–H and O–H groups in total. The van der Waals surface area contributed by atoms with E-state index in [-0.39, 0.29) is 220 Å². The molecule has 48 heavy (non-hydrogen) atoms. The van der Waals surface area contributed by atoms with Gasteiger partial charge in [0, 0.05) is 45.9 Å². The van der Waals surface area contributed by atoms with Crippen LogP contribution in [0.4, 0.5) is 24.0 Å². The molecule has 0 radical (unpaired) electrons. The first kappa shape index (κ1) is 117. The van der Waals surface area contributed by atoms with Gasteiger partial charge in [-0.05, 0) is 30.8 Å². The molecule has 0 spiro atoms. The molecule has 0 atom stereocenters. The van der Waals surface area contributed by atoms with E-state index in [1.165, 1.54) is 0 Å². The Hall–Kier alpha value is 1.60. The second-order valence-electron chi connectivity index (χ2n) is 2.50. The fourth-order valence-corrected chi connectivity index (χ4v) is 0. The summed E-state index contributed by atoms with van der Waals surface area (Å²) < 4.78 is 42.6. The molecule has 0 aromatic heterocycles. The van der Waals surface area contributed by atoms with Crippen LogP contribution >= 0.6 is 0 Å². The largest absolute Gasteiger partial charge is 3.00 e. The number of hydrogen-bond donors (Lipinski definition) is 0.